The molecule has 1 amide bonds. The highest BCUT2D eigenvalue weighted by atomic mass is 16.4. The third-order valence-electron chi connectivity index (χ3n) is 3.64. The second-order valence-electron chi connectivity index (χ2n) is 4.93. The van der Waals surface area contributed by atoms with E-state index >= 15 is 0 Å². The van der Waals surface area contributed by atoms with E-state index in [2.05, 4.69) is 5.32 Å². The van der Waals surface area contributed by atoms with Gasteiger partial charge in [0.25, 0.3) is 5.91 Å². The van der Waals surface area contributed by atoms with Crippen molar-refractivity contribution in [3.63, 3.8) is 0 Å². The lowest BCUT2D eigenvalue weighted by molar-refractivity contribution is -0.140. The average molecular weight is 271 g/mol. The molecule has 5 heteroatoms. The van der Waals surface area contributed by atoms with Crippen LogP contribution in [0, 0.1) is 0 Å². The number of nitrogens with one attached hydrogen (secondary N) is 1. The number of hydrogen-bond donors (Lipinski definition) is 2. The molecule has 1 heterocycles. The van der Waals surface area contributed by atoms with E-state index in [0.29, 0.717) is 24.1 Å². The molecule has 102 valence electrons. The molecule has 0 spiro atoms. The summed E-state index contributed by atoms with van der Waals surface area (Å²) >= 11 is 0. The van der Waals surface area contributed by atoms with Crippen LogP contribution in [0.5, 0.6) is 0 Å². The number of anilines is 1. The molecule has 0 bridgehead atoms. The summed E-state index contributed by atoms with van der Waals surface area (Å²) < 4.78 is 4.85. The topological polar surface area (TPSA) is 79.5 Å². The van der Waals surface area contributed by atoms with Gasteiger partial charge in [-0.1, -0.05) is 12.1 Å². The minimum absolute atomic E-state index is 0.258. The van der Waals surface area contributed by atoms with Crippen molar-refractivity contribution in [3.8, 4) is 0 Å². The van der Waals surface area contributed by atoms with Crippen molar-refractivity contribution >= 4 is 17.6 Å². The number of hydrogen-bond acceptors (Lipinski definition) is 3. The minimum Gasteiger partial charge on any atom is -0.481 e. The maximum atomic E-state index is 11.8. The number of carboxylic acid groups (broad SMARTS) is 1. The fraction of sp³-hybridized carbons (Fsp3) is 0.200. The number of benzene rings is 1. The first-order valence-corrected chi connectivity index (χ1v) is 6.29. The molecule has 2 aromatic rings. The zero-order chi connectivity index (χ0) is 14.2. The van der Waals surface area contributed by atoms with Crippen LogP contribution in [0.1, 0.15) is 28.8 Å². The van der Waals surface area contributed by atoms with E-state index in [1.54, 1.807) is 30.3 Å². The second kappa shape index (κ2) is 4.52. The lowest BCUT2D eigenvalue weighted by atomic mass is 9.96. The lowest BCUT2D eigenvalue weighted by Gasteiger charge is -2.11. The summed E-state index contributed by atoms with van der Waals surface area (Å²) in [5.74, 6) is -1.04. The highest BCUT2D eigenvalue weighted by Crippen LogP contribution is 2.48. The van der Waals surface area contributed by atoms with Crippen LogP contribution in [-0.4, -0.2) is 17.0 Å². The monoisotopic (exact) mass is 271 g/mol. The van der Waals surface area contributed by atoms with Gasteiger partial charge in [-0.15, -0.1) is 0 Å². The molecule has 1 aromatic heterocycles. The van der Waals surface area contributed by atoms with Crippen molar-refractivity contribution in [3.05, 3.63) is 54.0 Å². The van der Waals surface area contributed by atoms with Gasteiger partial charge in [0.15, 0.2) is 0 Å². The Morgan fingerprint density at radius 1 is 1.15 bits per heavy atom. The molecule has 0 aliphatic heterocycles. The molecule has 3 rings (SSSR count). The van der Waals surface area contributed by atoms with Gasteiger partial charge in [0.05, 0.1) is 17.2 Å². The van der Waals surface area contributed by atoms with E-state index in [0.717, 1.165) is 5.56 Å². The Labute approximate surface area is 115 Å². The van der Waals surface area contributed by atoms with Gasteiger partial charge in [0.1, 0.15) is 6.26 Å². The van der Waals surface area contributed by atoms with Crippen molar-refractivity contribution in [1.82, 2.24) is 0 Å². The van der Waals surface area contributed by atoms with E-state index in [1.807, 2.05) is 0 Å². The van der Waals surface area contributed by atoms with Crippen molar-refractivity contribution in [2.75, 3.05) is 5.32 Å². The standard InChI is InChI=1S/C15H13NO4/c17-13(10-5-8-20-9-10)16-12-3-1-11(2-4-12)15(6-7-15)14(18)19/h1-5,8-9H,6-7H2,(H,16,17)(H,18,19). The van der Waals surface area contributed by atoms with E-state index in [1.165, 1.54) is 12.5 Å². The van der Waals surface area contributed by atoms with Crippen LogP contribution in [-0.2, 0) is 10.2 Å². The van der Waals surface area contributed by atoms with E-state index in [4.69, 9.17) is 4.42 Å². The van der Waals surface area contributed by atoms with Gasteiger partial charge in [-0.05, 0) is 36.6 Å². The van der Waals surface area contributed by atoms with Crippen LogP contribution in [0.25, 0.3) is 0 Å². The SMILES string of the molecule is O=C(Nc1ccc(C2(C(=O)O)CC2)cc1)c1ccoc1. The van der Waals surface area contributed by atoms with Crippen LogP contribution >= 0.6 is 0 Å². The Balaban J connectivity index is 1.74. The summed E-state index contributed by atoms with van der Waals surface area (Å²) in [5, 5.41) is 11.9. The highest BCUT2D eigenvalue weighted by molar-refractivity contribution is 6.04. The zero-order valence-corrected chi connectivity index (χ0v) is 10.6. The third kappa shape index (κ3) is 2.07. The molecular formula is C15H13NO4. The molecule has 1 aromatic carbocycles. The number of aliphatic carboxylic acids is 1. The molecule has 0 saturated heterocycles. The number of rotatable bonds is 4. The van der Waals surface area contributed by atoms with E-state index in [9.17, 15) is 14.7 Å². The molecule has 1 saturated carbocycles. The normalized spacial score (nSPS) is 15.6. The Bertz CT molecular complexity index is 639. The van der Waals surface area contributed by atoms with Gasteiger partial charge in [0, 0.05) is 5.69 Å². The number of amides is 1. The van der Waals surface area contributed by atoms with Gasteiger partial charge in [0.2, 0.25) is 0 Å². The fourth-order valence-electron chi connectivity index (χ4n) is 2.22. The zero-order valence-electron chi connectivity index (χ0n) is 10.6. The average Bonchev–Trinajstić information content (AvgIpc) is 3.07. The Hall–Kier alpha value is -2.56. The largest absolute Gasteiger partial charge is 0.481 e. The summed E-state index contributed by atoms with van der Waals surface area (Å²) in [7, 11) is 0. The van der Waals surface area contributed by atoms with Crippen LogP contribution in [0.4, 0.5) is 5.69 Å². The van der Waals surface area contributed by atoms with Crippen molar-refractivity contribution in [1.29, 1.82) is 0 Å². The number of carbonyl (C=O) groups is 2. The molecule has 1 aliphatic rings. The van der Waals surface area contributed by atoms with E-state index < -0.39 is 11.4 Å². The van der Waals surface area contributed by atoms with Crippen LogP contribution in [0.2, 0.25) is 0 Å². The smallest absolute Gasteiger partial charge is 0.314 e. The minimum atomic E-state index is -0.785. The molecule has 0 atom stereocenters. The first-order chi connectivity index (χ1) is 9.62. The van der Waals surface area contributed by atoms with Gasteiger partial charge < -0.3 is 14.8 Å². The van der Waals surface area contributed by atoms with Gasteiger partial charge >= 0.3 is 5.97 Å². The number of carboxylic acids is 1. The van der Waals surface area contributed by atoms with Gasteiger partial charge in [-0.25, -0.2) is 0 Å². The summed E-state index contributed by atoms with van der Waals surface area (Å²) in [5.41, 5.74) is 1.14. The molecule has 0 radical (unpaired) electrons. The highest BCUT2D eigenvalue weighted by Gasteiger charge is 2.51. The molecule has 2 N–H and O–H groups in total. The molecule has 20 heavy (non-hydrogen) atoms. The van der Waals surface area contributed by atoms with Crippen molar-refractivity contribution in [2.45, 2.75) is 18.3 Å². The number of carbonyl (C=O) groups excluding carboxylic acids is 1. The maximum Gasteiger partial charge on any atom is 0.314 e. The third-order valence-corrected chi connectivity index (χ3v) is 3.64. The summed E-state index contributed by atoms with van der Waals surface area (Å²) in [6.07, 6.45) is 4.14. The van der Waals surface area contributed by atoms with Crippen LogP contribution in [0.3, 0.4) is 0 Å². The first kappa shape index (κ1) is 12.5. The second-order valence-corrected chi connectivity index (χ2v) is 4.93. The van der Waals surface area contributed by atoms with Gasteiger partial charge in [-0.2, -0.15) is 0 Å². The molecule has 1 aliphatic carbocycles. The van der Waals surface area contributed by atoms with Crippen LogP contribution in [0.15, 0.2) is 47.3 Å². The molecular weight excluding hydrogens is 258 g/mol. The van der Waals surface area contributed by atoms with Crippen molar-refractivity contribution < 1.29 is 19.1 Å². The quantitative estimate of drug-likeness (QED) is 0.895. The predicted molar refractivity (Wildman–Crippen MR) is 71.7 cm³/mol. The van der Waals surface area contributed by atoms with Gasteiger partial charge in [-0.3, -0.25) is 9.59 Å². The molecule has 0 unspecified atom stereocenters. The Morgan fingerprint density at radius 3 is 2.35 bits per heavy atom. The summed E-state index contributed by atoms with van der Waals surface area (Å²) in [4.78, 5) is 23.0. The maximum absolute atomic E-state index is 11.8. The lowest BCUT2D eigenvalue weighted by Crippen LogP contribution is -2.19. The predicted octanol–water partition coefficient (Wildman–Crippen LogP) is 2.65. The summed E-state index contributed by atoms with van der Waals surface area (Å²) in [6.45, 7) is 0. The fourth-order valence-corrected chi connectivity index (χ4v) is 2.22. The van der Waals surface area contributed by atoms with Crippen LogP contribution < -0.4 is 5.32 Å². The van der Waals surface area contributed by atoms with Crippen molar-refractivity contribution in [2.24, 2.45) is 0 Å². The number of furan rings is 1. The Morgan fingerprint density at radius 2 is 1.85 bits per heavy atom. The summed E-state index contributed by atoms with van der Waals surface area (Å²) in [6, 6.07) is 8.53. The molecule has 5 nitrogen and oxygen atoms in total. The first-order valence-electron chi connectivity index (χ1n) is 6.29. The Kier molecular flexibility index (Phi) is 2.82. The molecule has 1 fully saturated rings. The van der Waals surface area contributed by atoms with E-state index in [-0.39, 0.29) is 5.91 Å².